The highest BCUT2D eigenvalue weighted by atomic mass is 31.2. The van der Waals surface area contributed by atoms with E-state index >= 15 is 0 Å². The lowest BCUT2D eigenvalue weighted by atomic mass is 10.4. The SMILES string of the molecule is CCC(C)[P+](=O)OP(=O)(O)O. The predicted octanol–water partition coefficient (Wildman–Crippen LogP) is 1.64. The van der Waals surface area contributed by atoms with E-state index in [1.165, 1.54) is 0 Å². The molecule has 11 heavy (non-hydrogen) atoms. The van der Waals surface area contributed by atoms with E-state index in [-0.39, 0.29) is 5.66 Å². The summed E-state index contributed by atoms with van der Waals surface area (Å²) in [5.74, 6) is 0. The van der Waals surface area contributed by atoms with Crippen LogP contribution in [0.3, 0.4) is 0 Å². The molecule has 0 heterocycles. The standard InChI is InChI=1S/C4H10O5P2/c1-3-4(2)10(5)9-11(6,7)8/h4H,3H2,1-2H3,(H-,6,7,8)/p+1. The largest absolute Gasteiger partial charge is 0.521 e. The smallest absolute Gasteiger partial charge is 0.300 e. The summed E-state index contributed by atoms with van der Waals surface area (Å²) in [5, 5.41) is 0. The molecule has 2 N–H and O–H groups in total. The van der Waals surface area contributed by atoms with Crippen molar-refractivity contribution in [2.75, 3.05) is 0 Å². The summed E-state index contributed by atoms with van der Waals surface area (Å²) < 4.78 is 24.9. The predicted molar refractivity (Wildman–Crippen MR) is 40.5 cm³/mol. The van der Waals surface area contributed by atoms with Gasteiger partial charge in [0, 0.05) is 0 Å². The van der Waals surface area contributed by atoms with Crippen molar-refractivity contribution in [2.45, 2.75) is 25.9 Å². The van der Waals surface area contributed by atoms with Crippen LogP contribution < -0.4 is 0 Å². The maximum Gasteiger partial charge on any atom is 0.521 e. The molecular weight excluding hydrogens is 190 g/mol. The Bertz CT molecular complexity index is 185. The van der Waals surface area contributed by atoms with Gasteiger partial charge in [-0.15, -0.1) is 0 Å². The Balaban J connectivity index is 3.99. The Morgan fingerprint density at radius 1 is 1.64 bits per heavy atom. The fourth-order valence-electron chi connectivity index (χ4n) is 0.334. The molecule has 0 aliphatic heterocycles. The van der Waals surface area contributed by atoms with Crippen molar-refractivity contribution in [2.24, 2.45) is 0 Å². The van der Waals surface area contributed by atoms with Crippen LogP contribution in [0.25, 0.3) is 0 Å². The van der Waals surface area contributed by atoms with E-state index in [4.69, 9.17) is 9.79 Å². The first kappa shape index (κ1) is 11.2. The van der Waals surface area contributed by atoms with Gasteiger partial charge in [0.15, 0.2) is 5.66 Å². The third-order valence-corrected chi connectivity index (χ3v) is 3.72. The van der Waals surface area contributed by atoms with Gasteiger partial charge in [0.2, 0.25) is 0 Å². The minimum atomic E-state index is -4.57. The van der Waals surface area contributed by atoms with Gasteiger partial charge in [-0.25, -0.2) is 4.57 Å². The molecule has 0 saturated carbocycles. The van der Waals surface area contributed by atoms with Crippen LogP contribution in [0.4, 0.5) is 0 Å². The van der Waals surface area contributed by atoms with Crippen LogP contribution in [0.15, 0.2) is 0 Å². The molecule has 0 fully saturated rings. The Morgan fingerprint density at radius 3 is 2.36 bits per heavy atom. The topological polar surface area (TPSA) is 83.8 Å². The van der Waals surface area contributed by atoms with E-state index < -0.39 is 15.9 Å². The Hall–Kier alpha value is 0.210. The second-order valence-electron chi connectivity index (χ2n) is 2.11. The minimum Gasteiger partial charge on any atom is -0.300 e. The van der Waals surface area contributed by atoms with Gasteiger partial charge in [0.05, 0.1) is 0 Å². The van der Waals surface area contributed by atoms with Crippen molar-refractivity contribution in [1.82, 2.24) is 0 Å². The Morgan fingerprint density at radius 2 is 2.09 bits per heavy atom. The third-order valence-electron chi connectivity index (χ3n) is 1.14. The molecular formula is C4H11O5P2+. The van der Waals surface area contributed by atoms with E-state index in [0.717, 1.165) is 0 Å². The number of rotatable bonds is 4. The van der Waals surface area contributed by atoms with Crippen LogP contribution in [0, 0.1) is 0 Å². The first-order valence-electron chi connectivity index (χ1n) is 3.08. The summed E-state index contributed by atoms with van der Waals surface area (Å²) in [6.07, 6.45) is 0.565. The molecule has 0 aromatic rings. The van der Waals surface area contributed by atoms with Crippen LogP contribution >= 0.6 is 15.9 Å². The van der Waals surface area contributed by atoms with Gasteiger partial charge in [-0.1, -0.05) is 6.92 Å². The van der Waals surface area contributed by atoms with Crippen LogP contribution in [0.2, 0.25) is 0 Å². The highest BCUT2D eigenvalue weighted by Crippen LogP contribution is 2.49. The van der Waals surface area contributed by atoms with Gasteiger partial charge >= 0.3 is 15.9 Å². The number of hydrogen-bond donors (Lipinski definition) is 2. The molecule has 0 amide bonds. The fraction of sp³-hybridized carbons (Fsp3) is 1.00. The lowest BCUT2D eigenvalue weighted by Gasteiger charge is -1.95. The van der Waals surface area contributed by atoms with E-state index in [9.17, 15) is 9.13 Å². The van der Waals surface area contributed by atoms with E-state index in [1.807, 2.05) is 0 Å². The van der Waals surface area contributed by atoms with Crippen LogP contribution in [0.1, 0.15) is 20.3 Å². The van der Waals surface area contributed by atoms with Crippen molar-refractivity contribution in [3.05, 3.63) is 0 Å². The molecule has 0 aliphatic rings. The van der Waals surface area contributed by atoms with Gasteiger partial charge < -0.3 is 9.79 Å². The zero-order valence-electron chi connectivity index (χ0n) is 6.30. The van der Waals surface area contributed by atoms with Crippen molar-refractivity contribution < 1.29 is 23.2 Å². The molecule has 0 aliphatic carbocycles. The summed E-state index contributed by atoms with van der Waals surface area (Å²) in [4.78, 5) is 16.5. The van der Waals surface area contributed by atoms with Crippen molar-refractivity contribution >= 4 is 15.9 Å². The number of hydrogen-bond acceptors (Lipinski definition) is 3. The van der Waals surface area contributed by atoms with Crippen LogP contribution in [0.5, 0.6) is 0 Å². The van der Waals surface area contributed by atoms with E-state index in [0.29, 0.717) is 6.42 Å². The van der Waals surface area contributed by atoms with Gasteiger partial charge in [-0.2, -0.15) is 0 Å². The molecule has 2 unspecified atom stereocenters. The second kappa shape index (κ2) is 4.29. The zero-order chi connectivity index (χ0) is 9.07. The zero-order valence-corrected chi connectivity index (χ0v) is 8.09. The normalized spacial score (nSPS) is 16.2. The van der Waals surface area contributed by atoms with Crippen molar-refractivity contribution in [1.29, 1.82) is 0 Å². The molecule has 0 rings (SSSR count). The molecule has 2 atom stereocenters. The molecule has 5 nitrogen and oxygen atoms in total. The summed E-state index contributed by atoms with van der Waals surface area (Å²) >= 11 is 0. The monoisotopic (exact) mass is 201 g/mol. The van der Waals surface area contributed by atoms with E-state index in [1.54, 1.807) is 13.8 Å². The Kier molecular flexibility index (Phi) is 4.37. The maximum absolute atomic E-state index is 10.8. The number of phosphoric acid groups is 1. The highest BCUT2D eigenvalue weighted by molar-refractivity contribution is 7.57. The summed E-state index contributed by atoms with van der Waals surface area (Å²) in [6, 6.07) is 0. The molecule has 7 heteroatoms. The Labute approximate surface area is 65.9 Å². The van der Waals surface area contributed by atoms with E-state index in [2.05, 4.69) is 4.31 Å². The van der Waals surface area contributed by atoms with Crippen LogP contribution in [-0.4, -0.2) is 15.4 Å². The van der Waals surface area contributed by atoms with Gasteiger partial charge in [0.1, 0.15) is 0 Å². The summed E-state index contributed by atoms with van der Waals surface area (Å²) in [7, 11) is -6.82. The average molecular weight is 201 g/mol. The average Bonchev–Trinajstić information content (AvgIpc) is 1.82. The molecule has 66 valence electrons. The second-order valence-corrected chi connectivity index (χ2v) is 5.20. The quantitative estimate of drug-likeness (QED) is 0.675. The lowest BCUT2D eigenvalue weighted by molar-refractivity contribution is 0.286. The lowest BCUT2D eigenvalue weighted by Crippen LogP contribution is -1.93. The molecule has 0 bridgehead atoms. The van der Waals surface area contributed by atoms with Crippen LogP contribution in [-0.2, 0) is 13.4 Å². The summed E-state index contributed by atoms with van der Waals surface area (Å²) in [5.41, 5.74) is -0.322. The molecule has 0 saturated heterocycles. The van der Waals surface area contributed by atoms with Gasteiger partial charge in [-0.05, 0) is 22.2 Å². The highest BCUT2D eigenvalue weighted by Gasteiger charge is 2.35. The molecule has 0 aromatic carbocycles. The fourth-order valence-corrected chi connectivity index (χ4v) is 2.11. The summed E-state index contributed by atoms with van der Waals surface area (Å²) in [6.45, 7) is 3.37. The van der Waals surface area contributed by atoms with Gasteiger partial charge in [0.25, 0.3) is 0 Å². The first-order valence-corrected chi connectivity index (χ1v) is 5.86. The first-order chi connectivity index (χ1) is 4.87. The van der Waals surface area contributed by atoms with Crippen molar-refractivity contribution in [3.63, 3.8) is 0 Å². The van der Waals surface area contributed by atoms with Crippen molar-refractivity contribution in [3.8, 4) is 0 Å². The third kappa shape index (κ3) is 5.48. The molecule has 0 spiro atoms. The minimum absolute atomic E-state index is 0.322. The van der Waals surface area contributed by atoms with Gasteiger partial charge in [-0.3, -0.25) is 0 Å². The molecule has 0 aromatic heterocycles. The maximum atomic E-state index is 10.8. The molecule has 0 radical (unpaired) electrons.